The van der Waals surface area contributed by atoms with E-state index in [1.807, 2.05) is 0 Å². The molecule has 94 valence electrons. The first-order valence-corrected chi connectivity index (χ1v) is 7.09. The Balaban J connectivity index is 1.89. The van der Waals surface area contributed by atoms with Crippen molar-refractivity contribution in [3.05, 3.63) is 34.1 Å². The molecule has 0 spiro atoms. The molecule has 0 heterocycles. The molecule has 0 saturated heterocycles. The molecule has 1 aliphatic rings. The van der Waals surface area contributed by atoms with Crippen molar-refractivity contribution in [3.63, 3.8) is 0 Å². The van der Waals surface area contributed by atoms with Crippen LogP contribution in [0.25, 0.3) is 0 Å². The lowest BCUT2D eigenvalue weighted by atomic mass is 9.96. The maximum atomic E-state index is 13.1. The van der Waals surface area contributed by atoms with Gasteiger partial charge in [-0.15, -0.1) is 0 Å². The lowest BCUT2D eigenvalue weighted by Crippen LogP contribution is -2.02. The minimum atomic E-state index is -0.465. The third kappa shape index (κ3) is 3.52. The molecule has 0 aromatic heterocycles. The molecule has 1 aliphatic carbocycles. The van der Waals surface area contributed by atoms with Crippen molar-refractivity contribution < 1.29 is 9.50 Å². The SMILES string of the molecule is OC(CCC1CCCC1)c1ccc(F)c(Br)c1. The summed E-state index contributed by atoms with van der Waals surface area (Å²) in [6.07, 6.45) is 6.68. The van der Waals surface area contributed by atoms with Crippen LogP contribution in [0.1, 0.15) is 50.2 Å². The van der Waals surface area contributed by atoms with E-state index < -0.39 is 6.10 Å². The Morgan fingerprint density at radius 3 is 2.71 bits per heavy atom. The zero-order valence-corrected chi connectivity index (χ0v) is 11.4. The molecule has 1 aromatic rings. The molecule has 1 N–H and O–H groups in total. The third-order valence-corrected chi connectivity index (χ3v) is 4.26. The number of aliphatic hydroxyl groups excluding tert-OH is 1. The maximum absolute atomic E-state index is 13.1. The van der Waals surface area contributed by atoms with Gasteiger partial charge in [0.05, 0.1) is 10.6 Å². The Kier molecular flexibility index (Phi) is 4.57. The Morgan fingerprint density at radius 2 is 2.06 bits per heavy atom. The molecule has 0 radical (unpaired) electrons. The Labute approximate surface area is 110 Å². The Bertz CT molecular complexity index is 374. The zero-order chi connectivity index (χ0) is 12.3. The van der Waals surface area contributed by atoms with Gasteiger partial charge in [-0.2, -0.15) is 0 Å². The van der Waals surface area contributed by atoms with Crippen molar-refractivity contribution in [1.82, 2.24) is 0 Å². The summed E-state index contributed by atoms with van der Waals surface area (Å²) in [5.74, 6) is 0.505. The van der Waals surface area contributed by atoms with Crippen LogP contribution >= 0.6 is 15.9 Å². The van der Waals surface area contributed by atoms with Crippen LogP contribution in [0, 0.1) is 11.7 Å². The van der Waals surface area contributed by atoms with Crippen molar-refractivity contribution >= 4 is 15.9 Å². The fourth-order valence-electron chi connectivity index (χ4n) is 2.58. The third-order valence-electron chi connectivity index (χ3n) is 3.65. The molecule has 1 nitrogen and oxygen atoms in total. The van der Waals surface area contributed by atoms with Crippen molar-refractivity contribution in [2.75, 3.05) is 0 Å². The molecular weight excluding hydrogens is 283 g/mol. The van der Waals surface area contributed by atoms with Crippen molar-refractivity contribution in [2.24, 2.45) is 5.92 Å². The van der Waals surface area contributed by atoms with Crippen LogP contribution in [0.2, 0.25) is 0 Å². The largest absolute Gasteiger partial charge is 0.388 e. The molecule has 2 rings (SSSR count). The van der Waals surface area contributed by atoms with Gasteiger partial charge in [0.1, 0.15) is 5.82 Å². The Morgan fingerprint density at radius 1 is 1.35 bits per heavy atom. The van der Waals surface area contributed by atoms with Crippen LogP contribution in [0.3, 0.4) is 0 Å². The fourth-order valence-corrected chi connectivity index (χ4v) is 2.98. The summed E-state index contributed by atoms with van der Waals surface area (Å²) >= 11 is 3.15. The topological polar surface area (TPSA) is 20.2 Å². The van der Waals surface area contributed by atoms with E-state index >= 15 is 0 Å². The lowest BCUT2D eigenvalue weighted by molar-refractivity contribution is 0.157. The lowest BCUT2D eigenvalue weighted by Gasteiger charge is -2.14. The highest BCUT2D eigenvalue weighted by Crippen LogP contribution is 2.32. The van der Waals surface area contributed by atoms with E-state index in [0.717, 1.165) is 24.3 Å². The Hall–Kier alpha value is -0.410. The first kappa shape index (κ1) is 13.0. The molecule has 17 heavy (non-hydrogen) atoms. The van der Waals surface area contributed by atoms with Gasteiger partial charge in [-0.3, -0.25) is 0 Å². The van der Waals surface area contributed by atoms with Crippen LogP contribution in [0.15, 0.2) is 22.7 Å². The second-order valence-electron chi connectivity index (χ2n) is 4.92. The molecule has 1 saturated carbocycles. The molecule has 1 atom stereocenters. The van der Waals surface area contributed by atoms with E-state index in [1.54, 1.807) is 12.1 Å². The van der Waals surface area contributed by atoms with Gasteiger partial charge in [-0.1, -0.05) is 31.7 Å². The number of hydrogen-bond acceptors (Lipinski definition) is 1. The summed E-state index contributed by atoms with van der Waals surface area (Å²) < 4.78 is 13.5. The maximum Gasteiger partial charge on any atom is 0.137 e. The summed E-state index contributed by atoms with van der Waals surface area (Å²) in [5.41, 5.74) is 0.802. The minimum absolute atomic E-state index is 0.281. The van der Waals surface area contributed by atoms with Crippen LogP contribution in [0.5, 0.6) is 0 Å². The highest BCUT2D eigenvalue weighted by molar-refractivity contribution is 9.10. The monoisotopic (exact) mass is 300 g/mol. The van der Waals surface area contributed by atoms with Gasteiger partial charge in [-0.25, -0.2) is 4.39 Å². The molecule has 0 amide bonds. The first-order chi connectivity index (χ1) is 8.16. The van der Waals surface area contributed by atoms with Crippen LogP contribution in [-0.2, 0) is 0 Å². The van der Waals surface area contributed by atoms with Crippen LogP contribution < -0.4 is 0 Å². The van der Waals surface area contributed by atoms with Crippen molar-refractivity contribution in [1.29, 1.82) is 0 Å². The molecule has 1 aromatic carbocycles. The highest BCUT2D eigenvalue weighted by Gasteiger charge is 2.17. The quantitative estimate of drug-likeness (QED) is 0.862. The first-order valence-electron chi connectivity index (χ1n) is 6.30. The van der Waals surface area contributed by atoms with Crippen LogP contribution in [-0.4, -0.2) is 5.11 Å². The number of aliphatic hydroxyl groups is 1. The summed E-state index contributed by atoms with van der Waals surface area (Å²) in [6, 6.07) is 4.74. The van der Waals surface area contributed by atoms with E-state index in [2.05, 4.69) is 15.9 Å². The second kappa shape index (κ2) is 5.96. The molecule has 1 unspecified atom stereocenters. The van der Waals surface area contributed by atoms with E-state index in [0.29, 0.717) is 4.47 Å². The summed E-state index contributed by atoms with van der Waals surface area (Å²) in [4.78, 5) is 0. The standard InChI is InChI=1S/C14H18BrFO/c15-12-9-11(6-7-13(12)16)14(17)8-5-10-3-1-2-4-10/h6-7,9-10,14,17H,1-5,8H2. The average molecular weight is 301 g/mol. The molecule has 0 bridgehead atoms. The van der Waals surface area contributed by atoms with Gasteiger partial charge in [0.2, 0.25) is 0 Å². The molecular formula is C14H18BrFO. The van der Waals surface area contributed by atoms with E-state index in [-0.39, 0.29) is 5.82 Å². The predicted octanol–water partition coefficient (Wildman–Crippen LogP) is 4.59. The van der Waals surface area contributed by atoms with Gasteiger partial charge >= 0.3 is 0 Å². The molecule has 1 fully saturated rings. The summed E-state index contributed by atoms with van der Waals surface area (Å²) in [7, 11) is 0. The van der Waals surface area contributed by atoms with Gasteiger partial charge in [0.25, 0.3) is 0 Å². The van der Waals surface area contributed by atoms with Gasteiger partial charge in [0, 0.05) is 0 Å². The fraction of sp³-hybridized carbons (Fsp3) is 0.571. The van der Waals surface area contributed by atoms with Crippen LogP contribution in [0.4, 0.5) is 4.39 Å². The van der Waals surface area contributed by atoms with Crippen molar-refractivity contribution in [2.45, 2.75) is 44.6 Å². The average Bonchev–Trinajstić information content (AvgIpc) is 2.82. The smallest absolute Gasteiger partial charge is 0.137 e. The molecule has 3 heteroatoms. The number of hydrogen-bond donors (Lipinski definition) is 1. The van der Waals surface area contributed by atoms with E-state index in [9.17, 15) is 9.50 Å². The number of rotatable bonds is 4. The summed E-state index contributed by atoms with van der Waals surface area (Å²) in [5, 5.41) is 10.1. The predicted molar refractivity (Wildman–Crippen MR) is 70.3 cm³/mol. The second-order valence-corrected chi connectivity index (χ2v) is 5.77. The number of benzene rings is 1. The minimum Gasteiger partial charge on any atom is -0.388 e. The van der Waals surface area contributed by atoms with E-state index in [4.69, 9.17) is 0 Å². The van der Waals surface area contributed by atoms with Gasteiger partial charge < -0.3 is 5.11 Å². The van der Waals surface area contributed by atoms with Crippen molar-refractivity contribution in [3.8, 4) is 0 Å². The zero-order valence-electron chi connectivity index (χ0n) is 9.83. The number of halogens is 2. The molecule has 0 aliphatic heterocycles. The van der Waals surface area contributed by atoms with E-state index in [1.165, 1.54) is 31.7 Å². The van der Waals surface area contributed by atoms with Gasteiger partial charge in [-0.05, 0) is 52.4 Å². The van der Waals surface area contributed by atoms with Gasteiger partial charge in [0.15, 0.2) is 0 Å². The highest BCUT2D eigenvalue weighted by atomic mass is 79.9. The normalized spacial score (nSPS) is 18.5. The summed E-state index contributed by atoms with van der Waals surface area (Å²) in [6.45, 7) is 0.